The van der Waals surface area contributed by atoms with Gasteiger partial charge in [0.15, 0.2) is 11.5 Å². The Balaban J connectivity index is 2.30. The van der Waals surface area contributed by atoms with Crippen LogP contribution < -0.4 is 15.2 Å². The van der Waals surface area contributed by atoms with E-state index in [-0.39, 0.29) is 5.91 Å². The minimum Gasteiger partial charge on any atom is -0.493 e. The number of ether oxygens (including phenoxy) is 2. The van der Waals surface area contributed by atoms with Gasteiger partial charge in [-0.25, -0.2) is 0 Å². The third-order valence-corrected chi connectivity index (χ3v) is 4.06. The Morgan fingerprint density at radius 1 is 1.15 bits per heavy atom. The molecule has 2 N–H and O–H groups in total. The monoisotopic (exact) mass is 278 g/mol. The Labute approximate surface area is 119 Å². The second-order valence-corrected chi connectivity index (χ2v) is 5.46. The molecule has 2 unspecified atom stereocenters. The summed E-state index contributed by atoms with van der Waals surface area (Å²) in [6.45, 7) is 5.87. The summed E-state index contributed by atoms with van der Waals surface area (Å²) >= 11 is 0. The second kappa shape index (κ2) is 5.61. The number of nitrogen functional groups attached to an aromatic ring is 1. The maximum absolute atomic E-state index is 12.6. The van der Waals surface area contributed by atoms with Gasteiger partial charge in [-0.2, -0.15) is 0 Å². The number of nitrogens with two attached hydrogens (primary N) is 1. The van der Waals surface area contributed by atoms with Gasteiger partial charge in [0.05, 0.1) is 19.8 Å². The highest BCUT2D eigenvalue weighted by Crippen LogP contribution is 2.33. The van der Waals surface area contributed by atoms with E-state index in [9.17, 15) is 4.79 Å². The van der Waals surface area contributed by atoms with Crippen molar-refractivity contribution in [3.8, 4) is 11.5 Å². The summed E-state index contributed by atoms with van der Waals surface area (Å²) in [5, 5.41) is 0. The lowest BCUT2D eigenvalue weighted by Gasteiger charge is -2.18. The van der Waals surface area contributed by atoms with E-state index in [4.69, 9.17) is 15.2 Å². The smallest absolute Gasteiger partial charge is 0.256 e. The Kier molecular flexibility index (Phi) is 4.06. The molecule has 0 aliphatic carbocycles. The largest absolute Gasteiger partial charge is 0.493 e. The fourth-order valence-electron chi connectivity index (χ4n) is 2.55. The van der Waals surface area contributed by atoms with Gasteiger partial charge in [-0.3, -0.25) is 4.79 Å². The van der Waals surface area contributed by atoms with Gasteiger partial charge in [-0.1, -0.05) is 13.8 Å². The first kappa shape index (κ1) is 14.5. The summed E-state index contributed by atoms with van der Waals surface area (Å²) in [6.07, 6.45) is 0. The first-order chi connectivity index (χ1) is 9.47. The van der Waals surface area contributed by atoms with Gasteiger partial charge in [0.1, 0.15) is 0 Å². The highest BCUT2D eigenvalue weighted by atomic mass is 16.5. The van der Waals surface area contributed by atoms with E-state index >= 15 is 0 Å². The average Bonchev–Trinajstić information content (AvgIpc) is 2.77. The van der Waals surface area contributed by atoms with Crippen molar-refractivity contribution in [2.75, 3.05) is 33.0 Å². The molecule has 1 aromatic rings. The molecule has 1 aromatic carbocycles. The van der Waals surface area contributed by atoms with Crippen LogP contribution >= 0.6 is 0 Å². The highest BCUT2D eigenvalue weighted by molar-refractivity contribution is 6.00. The summed E-state index contributed by atoms with van der Waals surface area (Å²) in [5.41, 5.74) is 6.87. The normalized spacial score (nSPS) is 21.9. The molecule has 20 heavy (non-hydrogen) atoms. The van der Waals surface area contributed by atoms with E-state index in [1.165, 1.54) is 0 Å². The minimum atomic E-state index is -0.0420. The molecule has 0 bridgehead atoms. The fraction of sp³-hybridized carbons (Fsp3) is 0.533. The van der Waals surface area contributed by atoms with Crippen molar-refractivity contribution in [1.82, 2.24) is 4.90 Å². The van der Waals surface area contributed by atoms with Gasteiger partial charge in [-0.15, -0.1) is 0 Å². The molecule has 5 heteroatoms. The third-order valence-electron chi connectivity index (χ3n) is 4.06. The molecule has 0 spiro atoms. The number of carbonyl (C=O) groups is 1. The number of hydrogen-bond donors (Lipinski definition) is 1. The first-order valence-corrected chi connectivity index (χ1v) is 6.78. The predicted octanol–water partition coefficient (Wildman–Crippen LogP) is 2.01. The summed E-state index contributed by atoms with van der Waals surface area (Å²) < 4.78 is 10.4. The van der Waals surface area contributed by atoms with E-state index in [1.807, 2.05) is 4.90 Å². The highest BCUT2D eigenvalue weighted by Gasteiger charge is 2.31. The number of amides is 1. The van der Waals surface area contributed by atoms with Gasteiger partial charge in [0.25, 0.3) is 5.91 Å². The van der Waals surface area contributed by atoms with Gasteiger partial charge >= 0.3 is 0 Å². The molecule has 0 radical (unpaired) electrons. The molecule has 1 aliphatic heterocycles. The molecule has 1 amide bonds. The van der Waals surface area contributed by atoms with Crippen molar-refractivity contribution >= 4 is 11.6 Å². The van der Waals surface area contributed by atoms with Crippen LogP contribution in [0.25, 0.3) is 0 Å². The molecule has 2 atom stereocenters. The molecule has 110 valence electrons. The van der Waals surface area contributed by atoms with Crippen LogP contribution in [0.2, 0.25) is 0 Å². The van der Waals surface area contributed by atoms with E-state index in [0.717, 1.165) is 13.1 Å². The number of likely N-dealkylation sites (tertiary alicyclic amines) is 1. The third kappa shape index (κ3) is 2.53. The van der Waals surface area contributed by atoms with Crippen LogP contribution in [0.3, 0.4) is 0 Å². The number of carbonyl (C=O) groups excluding carboxylic acids is 1. The summed E-state index contributed by atoms with van der Waals surface area (Å²) in [4.78, 5) is 14.4. The lowest BCUT2D eigenvalue weighted by Crippen LogP contribution is -2.29. The molecule has 0 aromatic heterocycles. The number of anilines is 1. The van der Waals surface area contributed by atoms with Crippen LogP contribution in [0.15, 0.2) is 12.1 Å². The number of hydrogen-bond acceptors (Lipinski definition) is 4. The first-order valence-electron chi connectivity index (χ1n) is 6.78. The summed E-state index contributed by atoms with van der Waals surface area (Å²) in [7, 11) is 3.09. The van der Waals surface area contributed by atoms with Gasteiger partial charge in [-0.05, 0) is 17.9 Å². The Hall–Kier alpha value is -1.91. The number of benzene rings is 1. The zero-order chi connectivity index (χ0) is 14.9. The number of nitrogens with zero attached hydrogens (tertiary/aromatic N) is 1. The van der Waals surface area contributed by atoms with Crippen LogP contribution in [0, 0.1) is 11.8 Å². The molecule has 1 heterocycles. The van der Waals surface area contributed by atoms with Crippen LogP contribution in [0.1, 0.15) is 24.2 Å². The number of rotatable bonds is 3. The van der Waals surface area contributed by atoms with E-state index in [0.29, 0.717) is 34.6 Å². The molecule has 5 nitrogen and oxygen atoms in total. The molecule has 0 saturated carbocycles. The zero-order valence-corrected chi connectivity index (χ0v) is 12.5. The summed E-state index contributed by atoms with van der Waals surface area (Å²) in [6, 6.07) is 3.29. The topological polar surface area (TPSA) is 64.8 Å². The van der Waals surface area contributed by atoms with E-state index in [2.05, 4.69) is 13.8 Å². The fourth-order valence-corrected chi connectivity index (χ4v) is 2.55. The Morgan fingerprint density at radius 2 is 1.65 bits per heavy atom. The average molecular weight is 278 g/mol. The van der Waals surface area contributed by atoms with Crippen molar-refractivity contribution in [3.63, 3.8) is 0 Å². The van der Waals surface area contributed by atoms with E-state index < -0.39 is 0 Å². The quantitative estimate of drug-likeness (QED) is 0.859. The van der Waals surface area contributed by atoms with Crippen LogP contribution in [-0.4, -0.2) is 38.1 Å². The Bertz CT molecular complexity index is 506. The summed E-state index contributed by atoms with van der Waals surface area (Å²) in [5.74, 6) is 2.04. The molecular formula is C15H22N2O3. The van der Waals surface area contributed by atoms with Crippen molar-refractivity contribution < 1.29 is 14.3 Å². The van der Waals surface area contributed by atoms with Crippen molar-refractivity contribution in [2.45, 2.75) is 13.8 Å². The molecule has 1 aliphatic rings. The molecular weight excluding hydrogens is 256 g/mol. The lowest BCUT2D eigenvalue weighted by atomic mass is 10.0. The van der Waals surface area contributed by atoms with Crippen molar-refractivity contribution in [1.29, 1.82) is 0 Å². The van der Waals surface area contributed by atoms with Crippen molar-refractivity contribution in [3.05, 3.63) is 17.7 Å². The van der Waals surface area contributed by atoms with Gasteiger partial charge in [0, 0.05) is 24.8 Å². The lowest BCUT2D eigenvalue weighted by molar-refractivity contribution is 0.0785. The maximum Gasteiger partial charge on any atom is 0.256 e. The second-order valence-electron chi connectivity index (χ2n) is 5.46. The molecule has 1 saturated heterocycles. The maximum atomic E-state index is 12.6. The Morgan fingerprint density at radius 3 is 2.15 bits per heavy atom. The zero-order valence-electron chi connectivity index (χ0n) is 12.5. The predicted molar refractivity (Wildman–Crippen MR) is 78.2 cm³/mol. The molecule has 1 fully saturated rings. The van der Waals surface area contributed by atoms with E-state index in [1.54, 1.807) is 26.4 Å². The van der Waals surface area contributed by atoms with Crippen LogP contribution in [0.5, 0.6) is 11.5 Å². The molecule has 2 rings (SSSR count). The van der Waals surface area contributed by atoms with Crippen LogP contribution in [0.4, 0.5) is 5.69 Å². The van der Waals surface area contributed by atoms with Gasteiger partial charge in [0.2, 0.25) is 0 Å². The standard InChI is InChI=1S/C15H22N2O3/c1-9-7-17(8-10(9)2)15(18)11-5-13(19-3)14(20-4)6-12(11)16/h5-6,9-10H,7-8,16H2,1-4H3. The van der Waals surface area contributed by atoms with Crippen molar-refractivity contribution in [2.24, 2.45) is 11.8 Å². The van der Waals surface area contributed by atoms with Gasteiger partial charge < -0.3 is 20.1 Å². The minimum absolute atomic E-state index is 0.0420. The van der Waals surface area contributed by atoms with Crippen LogP contribution in [-0.2, 0) is 0 Å². The number of methoxy groups -OCH3 is 2. The SMILES string of the molecule is COc1cc(N)c(C(=O)N2CC(C)C(C)C2)cc1OC.